The Kier molecular flexibility index (Phi) is 8.00. The van der Waals surface area contributed by atoms with Gasteiger partial charge in [0.15, 0.2) is 0 Å². The summed E-state index contributed by atoms with van der Waals surface area (Å²) in [6, 6.07) is 0. The molecule has 1 heteroatoms. The number of allylic oxidation sites excluding steroid dienone is 4. The second kappa shape index (κ2) is 8.00. The van der Waals surface area contributed by atoms with E-state index < -0.39 is 0 Å². The van der Waals surface area contributed by atoms with Crippen LogP contribution in [-0.4, -0.2) is 15.0 Å². The van der Waals surface area contributed by atoms with Gasteiger partial charge in [-0.1, -0.05) is 0 Å². The molecule has 0 radical (unpaired) electrons. The standard InChI is InChI=1S/C8H14Se/c1-3-5-7-9-8-6-4-2/h3-6H,7-8H2,1-2H3/b5-3+,6-4+. The molecule has 0 fully saturated rings. The third-order valence-electron chi connectivity index (χ3n) is 0.900. The quantitative estimate of drug-likeness (QED) is 0.362. The molecule has 0 aromatic heterocycles. The molecule has 0 saturated carbocycles. The van der Waals surface area contributed by atoms with E-state index in [-0.39, 0.29) is 0 Å². The summed E-state index contributed by atoms with van der Waals surface area (Å²) >= 11 is 0.805. The van der Waals surface area contributed by atoms with Gasteiger partial charge in [0.05, 0.1) is 0 Å². The summed E-state index contributed by atoms with van der Waals surface area (Å²) in [7, 11) is 0. The molecule has 0 spiro atoms. The number of rotatable bonds is 4. The Morgan fingerprint density at radius 2 is 1.44 bits per heavy atom. The van der Waals surface area contributed by atoms with Crippen molar-refractivity contribution in [2.75, 3.05) is 0 Å². The molecule has 52 valence electrons. The summed E-state index contributed by atoms with van der Waals surface area (Å²) in [6.45, 7) is 4.15. The van der Waals surface area contributed by atoms with Crippen molar-refractivity contribution in [3.05, 3.63) is 24.3 Å². The van der Waals surface area contributed by atoms with Crippen LogP contribution < -0.4 is 0 Å². The first-order chi connectivity index (χ1) is 4.41. The van der Waals surface area contributed by atoms with Crippen molar-refractivity contribution < 1.29 is 0 Å². The van der Waals surface area contributed by atoms with Gasteiger partial charge in [0.25, 0.3) is 0 Å². The van der Waals surface area contributed by atoms with E-state index in [4.69, 9.17) is 0 Å². The maximum atomic E-state index is 2.24. The van der Waals surface area contributed by atoms with E-state index >= 15 is 0 Å². The van der Waals surface area contributed by atoms with E-state index in [1.165, 1.54) is 10.6 Å². The average Bonchev–Trinajstić information content (AvgIpc) is 1.89. The van der Waals surface area contributed by atoms with E-state index in [0.29, 0.717) is 0 Å². The predicted octanol–water partition coefficient (Wildman–Crippen LogP) is 2.68. The molecule has 9 heavy (non-hydrogen) atoms. The Balaban J connectivity index is 2.91. The molecule has 0 aromatic carbocycles. The van der Waals surface area contributed by atoms with Gasteiger partial charge in [-0.05, 0) is 0 Å². The van der Waals surface area contributed by atoms with Gasteiger partial charge in [0.2, 0.25) is 0 Å². The zero-order valence-corrected chi connectivity index (χ0v) is 7.84. The van der Waals surface area contributed by atoms with Crippen molar-refractivity contribution in [3.63, 3.8) is 0 Å². The molecular formula is C8H14Se. The normalized spacial score (nSPS) is 11.8. The molecule has 0 nitrogen and oxygen atoms in total. The Morgan fingerprint density at radius 3 is 1.78 bits per heavy atom. The molecule has 0 aliphatic carbocycles. The second-order valence-corrected chi connectivity index (χ2v) is 3.93. The van der Waals surface area contributed by atoms with Gasteiger partial charge in [0.1, 0.15) is 0 Å². The van der Waals surface area contributed by atoms with Gasteiger partial charge in [-0.3, -0.25) is 0 Å². The minimum absolute atomic E-state index is 0.805. The molecule has 0 heterocycles. The Bertz CT molecular complexity index is 80.7. The zero-order valence-electron chi connectivity index (χ0n) is 6.13. The van der Waals surface area contributed by atoms with Crippen LogP contribution in [0, 0.1) is 0 Å². The van der Waals surface area contributed by atoms with E-state index in [0.717, 1.165) is 15.0 Å². The van der Waals surface area contributed by atoms with E-state index in [9.17, 15) is 0 Å². The van der Waals surface area contributed by atoms with Crippen molar-refractivity contribution in [1.82, 2.24) is 0 Å². The van der Waals surface area contributed by atoms with Crippen molar-refractivity contribution in [3.8, 4) is 0 Å². The molecule has 0 aliphatic heterocycles. The molecule has 0 aromatic rings. The third-order valence-corrected chi connectivity index (χ3v) is 2.70. The molecule has 0 N–H and O–H groups in total. The Labute approximate surface area is 64.2 Å². The van der Waals surface area contributed by atoms with Crippen LogP contribution in [0.3, 0.4) is 0 Å². The predicted molar refractivity (Wildman–Crippen MR) is 45.0 cm³/mol. The van der Waals surface area contributed by atoms with Crippen LogP contribution in [0.2, 0.25) is 10.6 Å². The van der Waals surface area contributed by atoms with Crippen LogP contribution in [0.15, 0.2) is 24.3 Å². The minimum atomic E-state index is 0.805. The number of hydrogen-bond donors (Lipinski definition) is 0. The van der Waals surface area contributed by atoms with Crippen LogP contribution in [0.25, 0.3) is 0 Å². The van der Waals surface area contributed by atoms with Crippen LogP contribution in [-0.2, 0) is 0 Å². The molecule has 0 unspecified atom stereocenters. The fourth-order valence-electron chi connectivity index (χ4n) is 0.397. The van der Waals surface area contributed by atoms with Gasteiger partial charge in [-0.15, -0.1) is 0 Å². The molecule has 0 bridgehead atoms. The monoisotopic (exact) mass is 190 g/mol. The maximum absolute atomic E-state index is 2.24. The molecule has 0 amide bonds. The van der Waals surface area contributed by atoms with Gasteiger partial charge in [0, 0.05) is 0 Å². The van der Waals surface area contributed by atoms with E-state index in [1.54, 1.807) is 0 Å². The summed E-state index contributed by atoms with van der Waals surface area (Å²) in [5.41, 5.74) is 0. The van der Waals surface area contributed by atoms with Crippen LogP contribution in [0.1, 0.15) is 13.8 Å². The summed E-state index contributed by atoms with van der Waals surface area (Å²) in [5, 5.41) is 2.57. The Morgan fingerprint density at radius 1 is 1.00 bits per heavy atom. The number of hydrogen-bond acceptors (Lipinski definition) is 0. The first-order valence-electron chi connectivity index (χ1n) is 3.22. The molecule has 0 aliphatic rings. The molecular weight excluding hydrogens is 175 g/mol. The SMILES string of the molecule is C/C=C/C[Se]C/C=C/C. The van der Waals surface area contributed by atoms with Gasteiger partial charge in [-0.25, -0.2) is 0 Å². The fraction of sp³-hybridized carbons (Fsp3) is 0.500. The summed E-state index contributed by atoms with van der Waals surface area (Å²) in [6.07, 6.45) is 8.72. The van der Waals surface area contributed by atoms with Crippen molar-refractivity contribution in [1.29, 1.82) is 0 Å². The molecule has 0 rings (SSSR count). The van der Waals surface area contributed by atoms with Crippen LogP contribution >= 0.6 is 0 Å². The first kappa shape index (κ1) is 9.00. The summed E-state index contributed by atoms with van der Waals surface area (Å²) in [5.74, 6) is 0. The average molecular weight is 189 g/mol. The topological polar surface area (TPSA) is 0 Å². The fourth-order valence-corrected chi connectivity index (χ4v) is 2.06. The molecule has 0 saturated heterocycles. The van der Waals surface area contributed by atoms with Crippen molar-refractivity contribution in [2.24, 2.45) is 0 Å². The third kappa shape index (κ3) is 8.00. The van der Waals surface area contributed by atoms with E-state index in [1.807, 2.05) is 0 Å². The van der Waals surface area contributed by atoms with Crippen molar-refractivity contribution >= 4 is 15.0 Å². The van der Waals surface area contributed by atoms with Gasteiger partial charge >= 0.3 is 63.7 Å². The second-order valence-electron chi connectivity index (χ2n) is 1.68. The van der Waals surface area contributed by atoms with Crippen molar-refractivity contribution in [2.45, 2.75) is 24.5 Å². The summed E-state index contributed by atoms with van der Waals surface area (Å²) in [4.78, 5) is 0. The van der Waals surface area contributed by atoms with Crippen LogP contribution in [0.5, 0.6) is 0 Å². The summed E-state index contributed by atoms with van der Waals surface area (Å²) < 4.78 is 0. The van der Waals surface area contributed by atoms with Crippen LogP contribution in [0.4, 0.5) is 0 Å². The zero-order chi connectivity index (χ0) is 6.95. The van der Waals surface area contributed by atoms with Gasteiger partial charge < -0.3 is 0 Å². The Hall–Kier alpha value is -0.000519. The van der Waals surface area contributed by atoms with Gasteiger partial charge in [-0.2, -0.15) is 0 Å². The van der Waals surface area contributed by atoms with E-state index in [2.05, 4.69) is 38.2 Å². The first-order valence-corrected chi connectivity index (χ1v) is 5.64. The molecule has 0 atom stereocenters.